The van der Waals surface area contributed by atoms with E-state index in [1.165, 1.54) is 0 Å². The molecule has 3 aromatic rings. The average molecular weight is 407 g/mol. The Labute approximate surface area is 164 Å². The normalized spacial score (nSPS) is 20.8. The van der Waals surface area contributed by atoms with Crippen LogP contribution in [0.15, 0.2) is 12.3 Å². The molecule has 2 aliphatic heterocycles. The van der Waals surface area contributed by atoms with Crippen LogP contribution in [0.4, 0.5) is 23.4 Å². The van der Waals surface area contributed by atoms with Crippen molar-refractivity contribution in [3.63, 3.8) is 0 Å². The average Bonchev–Trinajstić information content (AvgIpc) is 3.28. The molecule has 154 valence electrons. The molecule has 0 saturated carbocycles. The fourth-order valence-electron chi connectivity index (χ4n) is 4.66. The zero-order valence-electron chi connectivity index (χ0n) is 16.2. The molecule has 4 heterocycles. The molecule has 1 aromatic carbocycles. The van der Waals surface area contributed by atoms with E-state index in [9.17, 15) is 17.6 Å². The molecule has 0 amide bonds. The number of fused-ring (bicyclic) bond motifs is 4. The monoisotopic (exact) mass is 407 g/mol. The summed E-state index contributed by atoms with van der Waals surface area (Å²) in [5.41, 5.74) is -0.690. The molecule has 2 aromatic heterocycles. The van der Waals surface area contributed by atoms with Crippen LogP contribution in [0, 0.1) is 11.6 Å². The number of hydrogen-bond acceptors (Lipinski definition) is 4. The number of nitrogens with zero attached hydrogens (tertiary/aromatic N) is 5. The van der Waals surface area contributed by atoms with Crippen LogP contribution in [-0.2, 0) is 13.0 Å². The van der Waals surface area contributed by atoms with E-state index in [-0.39, 0.29) is 10.9 Å². The van der Waals surface area contributed by atoms with Crippen molar-refractivity contribution in [3.8, 4) is 0 Å². The first kappa shape index (κ1) is 18.6. The van der Waals surface area contributed by atoms with E-state index in [0.29, 0.717) is 36.2 Å². The third-order valence-electron chi connectivity index (χ3n) is 6.09. The maximum Gasteiger partial charge on any atom is 0.273 e. The van der Waals surface area contributed by atoms with Gasteiger partial charge >= 0.3 is 0 Å². The molecule has 1 unspecified atom stereocenters. The lowest BCUT2D eigenvalue weighted by Gasteiger charge is -2.38. The van der Waals surface area contributed by atoms with Crippen LogP contribution in [0.3, 0.4) is 0 Å². The summed E-state index contributed by atoms with van der Waals surface area (Å²) in [5.74, 6) is -5.92. The number of anilines is 1. The topological polar surface area (TPSA) is 37.2 Å². The number of benzene rings is 1. The van der Waals surface area contributed by atoms with E-state index in [2.05, 4.69) is 19.9 Å². The highest BCUT2D eigenvalue weighted by Crippen LogP contribution is 2.38. The van der Waals surface area contributed by atoms with Crippen LogP contribution in [0.1, 0.15) is 25.3 Å². The second-order valence-electron chi connectivity index (χ2n) is 8.12. The van der Waals surface area contributed by atoms with E-state index < -0.39 is 23.1 Å². The van der Waals surface area contributed by atoms with E-state index in [1.54, 1.807) is 17.9 Å². The third kappa shape index (κ3) is 2.86. The molecule has 2 fully saturated rings. The Morgan fingerprint density at radius 1 is 1.07 bits per heavy atom. The van der Waals surface area contributed by atoms with Crippen molar-refractivity contribution in [1.82, 2.24) is 19.7 Å². The van der Waals surface area contributed by atoms with Crippen LogP contribution in [0.5, 0.6) is 0 Å². The van der Waals surface area contributed by atoms with Crippen molar-refractivity contribution in [3.05, 3.63) is 29.5 Å². The van der Waals surface area contributed by atoms with E-state index in [1.807, 2.05) is 0 Å². The maximum atomic E-state index is 14.9. The van der Waals surface area contributed by atoms with Crippen molar-refractivity contribution >= 4 is 27.6 Å². The van der Waals surface area contributed by atoms with Gasteiger partial charge in [0.25, 0.3) is 5.92 Å². The number of aromatic nitrogens is 3. The highest BCUT2D eigenvalue weighted by molar-refractivity contribution is 6.09. The highest BCUT2D eigenvalue weighted by Gasteiger charge is 2.35. The molecule has 0 aliphatic carbocycles. The Morgan fingerprint density at radius 2 is 1.86 bits per heavy atom. The Bertz CT molecular complexity index is 1120. The number of piperazine rings is 1. The van der Waals surface area contributed by atoms with Gasteiger partial charge in [-0.1, -0.05) is 0 Å². The minimum absolute atomic E-state index is 0.145. The van der Waals surface area contributed by atoms with Gasteiger partial charge in [0.1, 0.15) is 11.0 Å². The summed E-state index contributed by atoms with van der Waals surface area (Å²) >= 11 is 0. The molecule has 1 atom stereocenters. The molecular formula is C20H21F4N5. The molecule has 0 bridgehead atoms. The molecule has 9 heteroatoms. The number of pyridine rings is 1. The highest BCUT2D eigenvalue weighted by atomic mass is 19.3. The zero-order valence-corrected chi connectivity index (χ0v) is 16.2. The molecule has 2 aliphatic rings. The van der Waals surface area contributed by atoms with Gasteiger partial charge in [-0.05, 0) is 25.5 Å². The fraction of sp³-hybridized carbons (Fsp3) is 0.500. The van der Waals surface area contributed by atoms with Gasteiger partial charge in [-0.3, -0.25) is 9.58 Å². The van der Waals surface area contributed by atoms with Crippen LogP contribution in [-0.4, -0.2) is 51.9 Å². The molecular weight excluding hydrogens is 386 g/mol. The summed E-state index contributed by atoms with van der Waals surface area (Å²) in [4.78, 5) is 8.90. The SMILES string of the molecule is Cn1cc2c(n1)c(N1CCN3CCCC3C1)nc1c(F)c(F)c(C(C)(F)F)cc12. The first-order chi connectivity index (χ1) is 13.7. The van der Waals surface area contributed by atoms with Gasteiger partial charge in [0.05, 0.1) is 5.56 Å². The van der Waals surface area contributed by atoms with E-state index in [0.717, 1.165) is 38.5 Å². The van der Waals surface area contributed by atoms with Crippen molar-refractivity contribution in [2.24, 2.45) is 7.05 Å². The lowest BCUT2D eigenvalue weighted by Crippen LogP contribution is -2.50. The maximum absolute atomic E-state index is 14.9. The Morgan fingerprint density at radius 3 is 2.62 bits per heavy atom. The number of alkyl halides is 2. The van der Waals surface area contributed by atoms with Gasteiger partial charge in [0.2, 0.25) is 0 Å². The second kappa shape index (κ2) is 6.29. The standard InChI is InChI=1S/C20H21F4N5/c1-20(23,24)14-8-12-13-10-27(2)26-18(13)19(25-17(12)16(22)15(14)21)29-7-6-28-5-3-4-11(28)9-29/h8,10-11H,3-7,9H2,1-2H3. The molecule has 29 heavy (non-hydrogen) atoms. The van der Waals surface area contributed by atoms with Crippen LogP contribution < -0.4 is 4.90 Å². The molecule has 5 nitrogen and oxygen atoms in total. The molecule has 0 spiro atoms. The Balaban J connectivity index is 1.74. The summed E-state index contributed by atoms with van der Waals surface area (Å²) in [6, 6.07) is 1.41. The largest absolute Gasteiger partial charge is 0.352 e. The summed E-state index contributed by atoms with van der Waals surface area (Å²) in [6.45, 7) is 3.95. The van der Waals surface area contributed by atoms with Gasteiger partial charge in [-0.25, -0.2) is 22.5 Å². The summed E-state index contributed by atoms with van der Waals surface area (Å²) < 4.78 is 58.6. The molecule has 0 radical (unpaired) electrons. The second-order valence-corrected chi connectivity index (χ2v) is 8.12. The number of halogens is 4. The number of hydrogen-bond donors (Lipinski definition) is 0. The lowest BCUT2D eigenvalue weighted by atomic mass is 10.0. The van der Waals surface area contributed by atoms with E-state index in [4.69, 9.17) is 0 Å². The van der Waals surface area contributed by atoms with Gasteiger partial charge in [0, 0.05) is 56.6 Å². The van der Waals surface area contributed by atoms with Crippen molar-refractivity contribution < 1.29 is 17.6 Å². The van der Waals surface area contributed by atoms with Crippen LogP contribution in [0.25, 0.3) is 21.8 Å². The quantitative estimate of drug-likeness (QED) is 0.606. The minimum Gasteiger partial charge on any atom is -0.352 e. The number of aryl methyl sites for hydroxylation is 1. The van der Waals surface area contributed by atoms with Crippen LogP contribution >= 0.6 is 0 Å². The van der Waals surface area contributed by atoms with Gasteiger partial charge in [-0.15, -0.1) is 0 Å². The summed E-state index contributed by atoms with van der Waals surface area (Å²) in [7, 11) is 1.71. The van der Waals surface area contributed by atoms with Gasteiger partial charge in [-0.2, -0.15) is 5.10 Å². The molecule has 2 saturated heterocycles. The van der Waals surface area contributed by atoms with Gasteiger partial charge < -0.3 is 4.90 Å². The van der Waals surface area contributed by atoms with Gasteiger partial charge in [0.15, 0.2) is 17.5 Å². The number of rotatable bonds is 2. The van der Waals surface area contributed by atoms with Crippen molar-refractivity contribution in [2.45, 2.75) is 31.7 Å². The van der Waals surface area contributed by atoms with Crippen molar-refractivity contribution in [1.29, 1.82) is 0 Å². The Hall–Kier alpha value is -2.42. The predicted octanol–water partition coefficient (Wildman–Crippen LogP) is 3.80. The smallest absolute Gasteiger partial charge is 0.273 e. The predicted molar refractivity (Wildman–Crippen MR) is 102 cm³/mol. The zero-order chi connectivity index (χ0) is 20.5. The third-order valence-corrected chi connectivity index (χ3v) is 6.09. The summed E-state index contributed by atoms with van der Waals surface area (Å²) in [6.07, 6.45) is 3.88. The minimum atomic E-state index is -3.51. The molecule has 5 rings (SSSR count). The first-order valence-corrected chi connectivity index (χ1v) is 9.76. The first-order valence-electron chi connectivity index (χ1n) is 9.76. The van der Waals surface area contributed by atoms with Crippen molar-refractivity contribution in [2.75, 3.05) is 31.1 Å². The Kier molecular flexibility index (Phi) is 4.03. The summed E-state index contributed by atoms with van der Waals surface area (Å²) in [5, 5.41) is 5.10. The fourth-order valence-corrected chi connectivity index (χ4v) is 4.66. The van der Waals surface area contributed by atoms with Crippen LogP contribution in [0.2, 0.25) is 0 Å². The molecule has 0 N–H and O–H groups in total. The van der Waals surface area contributed by atoms with E-state index >= 15 is 0 Å². The lowest BCUT2D eigenvalue weighted by molar-refractivity contribution is 0.0133.